The minimum absolute atomic E-state index is 0.0261. The SMILES string of the molecule is CCNCC(CCC(C)(C)OC)Cc1cccc(Br)c1. The zero-order chi connectivity index (χ0) is 15.0. The van der Waals surface area contributed by atoms with Gasteiger partial charge in [0.05, 0.1) is 5.60 Å². The molecule has 0 bridgehead atoms. The first-order chi connectivity index (χ1) is 9.46. The highest BCUT2D eigenvalue weighted by Crippen LogP contribution is 2.22. The fourth-order valence-electron chi connectivity index (χ4n) is 2.28. The van der Waals surface area contributed by atoms with Crippen molar-refractivity contribution in [2.24, 2.45) is 5.92 Å². The number of nitrogens with one attached hydrogen (secondary N) is 1. The summed E-state index contributed by atoms with van der Waals surface area (Å²) in [6.07, 6.45) is 3.39. The van der Waals surface area contributed by atoms with E-state index in [1.807, 2.05) is 0 Å². The molecule has 0 amide bonds. The van der Waals surface area contributed by atoms with Crippen LogP contribution in [0, 0.1) is 5.92 Å². The van der Waals surface area contributed by atoms with Crippen molar-refractivity contribution in [2.75, 3.05) is 20.2 Å². The van der Waals surface area contributed by atoms with Crippen molar-refractivity contribution >= 4 is 15.9 Å². The van der Waals surface area contributed by atoms with Crippen LogP contribution >= 0.6 is 15.9 Å². The molecule has 0 fully saturated rings. The second-order valence-electron chi connectivity index (χ2n) is 6.01. The molecule has 2 nitrogen and oxygen atoms in total. The lowest BCUT2D eigenvalue weighted by Gasteiger charge is -2.26. The largest absolute Gasteiger partial charge is 0.379 e. The standard InChI is InChI=1S/C17H28BrNO/c1-5-19-13-15(9-10-17(2,3)20-4)11-14-7-6-8-16(18)12-14/h6-8,12,15,19H,5,9-11,13H2,1-4H3. The van der Waals surface area contributed by atoms with Gasteiger partial charge in [-0.3, -0.25) is 0 Å². The van der Waals surface area contributed by atoms with Gasteiger partial charge in [0.25, 0.3) is 0 Å². The Kier molecular flexibility index (Phi) is 7.78. The molecule has 0 saturated carbocycles. The third-order valence-electron chi connectivity index (χ3n) is 3.80. The first-order valence-electron chi connectivity index (χ1n) is 7.47. The van der Waals surface area contributed by atoms with E-state index in [0.717, 1.165) is 30.4 Å². The fraction of sp³-hybridized carbons (Fsp3) is 0.647. The Labute approximate surface area is 132 Å². The maximum absolute atomic E-state index is 5.53. The van der Waals surface area contributed by atoms with E-state index in [0.29, 0.717) is 5.92 Å². The maximum Gasteiger partial charge on any atom is 0.0622 e. The summed E-state index contributed by atoms with van der Waals surface area (Å²) in [4.78, 5) is 0. The van der Waals surface area contributed by atoms with Gasteiger partial charge < -0.3 is 10.1 Å². The minimum atomic E-state index is -0.0261. The van der Waals surface area contributed by atoms with Gasteiger partial charge in [-0.2, -0.15) is 0 Å². The molecular formula is C17H28BrNO. The highest BCUT2D eigenvalue weighted by Gasteiger charge is 2.19. The molecule has 1 rings (SSSR count). The van der Waals surface area contributed by atoms with Crippen molar-refractivity contribution in [1.82, 2.24) is 5.32 Å². The van der Waals surface area contributed by atoms with Crippen LogP contribution in [0.5, 0.6) is 0 Å². The third-order valence-corrected chi connectivity index (χ3v) is 4.30. The van der Waals surface area contributed by atoms with E-state index in [1.165, 1.54) is 12.0 Å². The molecule has 0 heterocycles. The van der Waals surface area contributed by atoms with Crippen molar-refractivity contribution in [3.05, 3.63) is 34.3 Å². The van der Waals surface area contributed by atoms with Gasteiger partial charge in [-0.15, -0.1) is 0 Å². The van der Waals surface area contributed by atoms with Crippen LogP contribution in [0.15, 0.2) is 28.7 Å². The van der Waals surface area contributed by atoms with Gasteiger partial charge in [-0.05, 0) is 69.8 Å². The summed E-state index contributed by atoms with van der Waals surface area (Å²) in [6.45, 7) is 8.59. The van der Waals surface area contributed by atoms with E-state index in [4.69, 9.17) is 4.74 Å². The van der Waals surface area contributed by atoms with Crippen molar-refractivity contribution < 1.29 is 4.74 Å². The van der Waals surface area contributed by atoms with E-state index in [9.17, 15) is 0 Å². The van der Waals surface area contributed by atoms with Crippen LogP contribution in [-0.4, -0.2) is 25.8 Å². The van der Waals surface area contributed by atoms with E-state index in [2.05, 4.69) is 66.3 Å². The molecule has 0 spiro atoms. The van der Waals surface area contributed by atoms with Gasteiger partial charge in [-0.1, -0.05) is 35.0 Å². The van der Waals surface area contributed by atoms with E-state index < -0.39 is 0 Å². The Morgan fingerprint density at radius 1 is 1.35 bits per heavy atom. The molecule has 114 valence electrons. The predicted molar refractivity (Wildman–Crippen MR) is 90.2 cm³/mol. The molecule has 1 atom stereocenters. The number of hydrogen-bond donors (Lipinski definition) is 1. The van der Waals surface area contributed by atoms with Crippen molar-refractivity contribution in [2.45, 2.75) is 45.6 Å². The highest BCUT2D eigenvalue weighted by molar-refractivity contribution is 9.10. The van der Waals surface area contributed by atoms with Crippen molar-refractivity contribution in [3.8, 4) is 0 Å². The molecule has 0 aromatic heterocycles. The average Bonchev–Trinajstić information content (AvgIpc) is 2.42. The molecule has 0 saturated heterocycles. The molecule has 0 aliphatic carbocycles. The van der Waals surface area contributed by atoms with Crippen LogP contribution in [0.2, 0.25) is 0 Å². The molecule has 1 aromatic rings. The third kappa shape index (κ3) is 6.87. The predicted octanol–water partition coefficient (Wildman–Crippen LogP) is 4.42. The van der Waals surface area contributed by atoms with Crippen LogP contribution in [0.4, 0.5) is 0 Å². The Balaban J connectivity index is 2.59. The van der Waals surface area contributed by atoms with Gasteiger partial charge in [0, 0.05) is 11.6 Å². The Bertz CT molecular complexity index is 392. The number of halogens is 1. The van der Waals surface area contributed by atoms with E-state index in [-0.39, 0.29) is 5.60 Å². The van der Waals surface area contributed by atoms with Gasteiger partial charge in [0.2, 0.25) is 0 Å². The quantitative estimate of drug-likeness (QED) is 0.717. The zero-order valence-electron chi connectivity index (χ0n) is 13.2. The number of hydrogen-bond acceptors (Lipinski definition) is 2. The Morgan fingerprint density at radius 2 is 2.10 bits per heavy atom. The Hall–Kier alpha value is -0.380. The van der Waals surface area contributed by atoms with Crippen LogP contribution < -0.4 is 5.32 Å². The topological polar surface area (TPSA) is 21.3 Å². The van der Waals surface area contributed by atoms with Crippen LogP contribution in [0.25, 0.3) is 0 Å². The van der Waals surface area contributed by atoms with Crippen molar-refractivity contribution in [3.63, 3.8) is 0 Å². The normalized spacial score (nSPS) is 13.4. The molecule has 0 radical (unpaired) electrons. The molecule has 1 aromatic carbocycles. The fourth-order valence-corrected chi connectivity index (χ4v) is 2.72. The number of rotatable bonds is 9. The van der Waals surface area contributed by atoms with E-state index >= 15 is 0 Å². The maximum atomic E-state index is 5.53. The van der Waals surface area contributed by atoms with E-state index in [1.54, 1.807) is 7.11 Å². The summed E-state index contributed by atoms with van der Waals surface area (Å²) < 4.78 is 6.70. The second kappa shape index (κ2) is 8.81. The summed E-state index contributed by atoms with van der Waals surface area (Å²) in [7, 11) is 1.80. The van der Waals surface area contributed by atoms with Gasteiger partial charge in [0.15, 0.2) is 0 Å². The highest BCUT2D eigenvalue weighted by atomic mass is 79.9. The lowest BCUT2D eigenvalue weighted by molar-refractivity contribution is 0.0104. The first-order valence-corrected chi connectivity index (χ1v) is 8.26. The average molecular weight is 342 g/mol. The number of benzene rings is 1. The Morgan fingerprint density at radius 3 is 2.70 bits per heavy atom. The van der Waals surface area contributed by atoms with Gasteiger partial charge in [-0.25, -0.2) is 0 Å². The number of ether oxygens (including phenoxy) is 1. The molecule has 1 unspecified atom stereocenters. The summed E-state index contributed by atoms with van der Waals surface area (Å²) in [5.74, 6) is 0.652. The number of methoxy groups -OCH3 is 1. The van der Waals surface area contributed by atoms with Crippen LogP contribution in [0.1, 0.15) is 39.2 Å². The molecule has 20 heavy (non-hydrogen) atoms. The van der Waals surface area contributed by atoms with Crippen LogP contribution in [0.3, 0.4) is 0 Å². The lowest BCUT2D eigenvalue weighted by atomic mass is 9.90. The minimum Gasteiger partial charge on any atom is -0.379 e. The first kappa shape index (κ1) is 17.7. The summed E-state index contributed by atoms with van der Waals surface area (Å²) in [5, 5.41) is 3.48. The smallest absolute Gasteiger partial charge is 0.0622 e. The summed E-state index contributed by atoms with van der Waals surface area (Å²) in [6, 6.07) is 8.63. The summed E-state index contributed by atoms with van der Waals surface area (Å²) in [5.41, 5.74) is 1.37. The van der Waals surface area contributed by atoms with Gasteiger partial charge in [0.1, 0.15) is 0 Å². The molecule has 3 heteroatoms. The molecule has 0 aliphatic rings. The zero-order valence-corrected chi connectivity index (χ0v) is 14.8. The van der Waals surface area contributed by atoms with Gasteiger partial charge >= 0.3 is 0 Å². The van der Waals surface area contributed by atoms with Crippen LogP contribution in [-0.2, 0) is 11.2 Å². The lowest BCUT2D eigenvalue weighted by Crippen LogP contribution is -2.28. The summed E-state index contributed by atoms with van der Waals surface area (Å²) >= 11 is 3.55. The molecule has 0 aliphatic heterocycles. The van der Waals surface area contributed by atoms with Crippen molar-refractivity contribution in [1.29, 1.82) is 0 Å². The monoisotopic (exact) mass is 341 g/mol. The molecular weight excluding hydrogens is 314 g/mol. The molecule has 1 N–H and O–H groups in total. The second-order valence-corrected chi connectivity index (χ2v) is 6.93.